The van der Waals surface area contributed by atoms with Crippen molar-refractivity contribution >= 4 is 36.7 Å². The SMILES string of the molecule is C[Si]1(C)C[C@@H](C(=O)N[C@H](C#N)C[C@@H]2CCNC2=O)N(C(=O)c2c[nH]c3ccccc23)C1. The zero-order chi connectivity index (χ0) is 22.2. The molecule has 3 atom stereocenters. The molecule has 2 saturated heterocycles. The summed E-state index contributed by atoms with van der Waals surface area (Å²) in [4.78, 5) is 43.2. The van der Waals surface area contributed by atoms with E-state index in [-0.39, 0.29) is 30.1 Å². The lowest BCUT2D eigenvalue weighted by atomic mass is 9.99. The molecular formula is C22H27N5O3Si. The Hall–Kier alpha value is -3.12. The van der Waals surface area contributed by atoms with Gasteiger partial charge in [0.1, 0.15) is 12.1 Å². The second-order valence-corrected chi connectivity index (χ2v) is 14.3. The van der Waals surface area contributed by atoms with Crippen molar-refractivity contribution in [2.45, 2.75) is 44.1 Å². The number of carbonyl (C=O) groups excluding carboxylic acids is 3. The van der Waals surface area contributed by atoms with Crippen LogP contribution in [0.4, 0.5) is 0 Å². The first-order valence-electron chi connectivity index (χ1n) is 10.6. The van der Waals surface area contributed by atoms with Crippen LogP contribution in [-0.4, -0.2) is 60.5 Å². The van der Waals surface area contributed by atoms with Crippen molar-refractivity contribution in [2.24, 2.45) is 5.92 Å². The van der Waals surface area contributed by atoms with Crippen LogP contribution in [0.5, 0.6) is 0 Å². The molecule has 2 aromatic rings. The molecule has 3 N–H and O–H groups in total. The van der Waals surface area contributed by atoms with Crippen molar-refractivity contribution < 1.29 is 14.4 Å². The number of carbonyl (C=O) groups is 3. The fourth-order valence-electron chi connectivity index (χ4n) is 4.69. The Morgan fingerprint density at radius 3 is 2.84 bits per heavy atom. The molecule has 0 spiro atoms. The molecule has 31 heavy (non-hydrogen) atoms. The predicted octanol–water partition coefficient (Wildman–Crippen LogP) is 1.77. The van der Waals surface area contributed by atoms with E-state index in [2.05, 4.69) is 34.8 Å². The number of para-hydroxylation sites is 1. The van der Waals surface area contributed by atoms with E-state index in [4.69, 9.17) is 0 Å². The van der Waals surface area contributed by atoms with Gasteiger partial charge in [-0.25, -0.2) is 0 Å². The fraction of sp³-hybridized carbons (Fsp3) is 0.455. The van der Waals surface area contributed by atoms with Crippen LogP contribution in [0, 0.1) is 17.2 Å². The summed E-state index contributed by atoms with van der Waals surface area (Å²) in [6, 6.07) is 9.00. The van der Waals surface area contributed by atoms with E-state index in [0.717, 1.165) is 10.9 Å². The van der Waals surface area contributed by atoms with Crippen LogP contribution in [0.2, 0.25) is 19.1 Å². The predicted molar refractivity (Wildman–Crippen MR) is 119 cm³/mol. The van der Waals surface area contributed by atoms with E-state index in [1.807, 2.05) is 24.3 Å². The Morgan fingerprint density at radius 2 is 2.13 bits per heavy atom. The molecule has 1 aromatic heterocycles. The second-order valence-electron chi connectivity index (χ2n) is 9.27. The number of nitrogens with zero attached hydrogens (tertiary/aromatic N) is 2. The van der Waals surface area contributed by atoms with E-state index in [1.54, 1.807) is 11.1 Å². The molecular weight excluding hydrogens is 410 g/mol. The molecule has 0 radical (unpaired) electrons. The van der Waals surface area contributed by atoms with E-state index in [9.17, 15) is 19.6 Å². The molecule has 0 saturated carbocycles. The first-order chi connectivity index (χ1) is 14.8. The minimum absolute atomic E-state index is 0.0694. The quantitative estimate of drug-likeness (QED) is 0.618. The maximum Gasteiger partial charge on any atom is 0.256 e. The number of hydrogen-bond donors (Lipinski definition) is 3. The Balaban J connectivity index is 1.52. The molecule has 4 rings (SSSR count). The Kier molecular flexibility index (Phi) is 5.58. The van der Waals surface area contributed by atoms with Gasteiger partial charge in [-0.15, -0.1) is 0 Å². The molecule has 8 nitrogen and oxygen atoms in total. The van der Waals surface area contributed by atoms with Crippen molar-refractivity contribution in [1.29, 1.82) is 5.26 Å². The van der Waals surface area contributed by atoms with Gasteiger partial charge in [0.15, 0.2) is 0 Å². The van der Waals surface area contributed by atoms with Crippen molar-refractivity contribution in [1.82, 2.24) is 20.5 Å². The average molecular weight is 438 g/mol. The molecule has 3 amide bonds. The number of H-pyrrole nitrogens is 1. The first kappa shape index (κ1) is 21.1. The highest BCUT2D eigenvalue weighted by Crippen LogP contribution is 2.30. The zero-order valence-electron chi connectivity index (χ0n) is 17.8. The lowest BCUT2D eigenvalue weighted by Gasteiger charge is -2.25. The van der Waals surface area contributed by atoms with Crippen LogP contribution < -0.4 is 10.6 Å². The van der Waals surface area contributed by atoms with E-state index in [1.165, 1.54) is 0 Å². The van der Waals surface area contributed by atoms with Crippen LogP contribution in [0.15, 0.2) is 30.5 Å². The summed E-state index contributed by atoms with van der Waals surface area (Å²) in [6.07, 6.45) is 3.25. The Morgan fingerprint density at radius 1 is 1.35 bits per heavy atom. The van der Waals surface area contributed by atoms with Gasteiger partial charge in [0.05, 0.1) is 19.7 Å². The highest BCUT2D eigenvalue weighted by molar-refractivity contribution is 6.79. The number of nitriles is 1. The maximum atomic E-state index is 13.4. The number of hydrogen-bond acceptors (Lipinski definition) is 4. The van der Waals surface area contributed by atoms with Crippen molar-refractivity contribution in [2.75, 3.05) is 12.7 Å². The van der Waals surface area contributed by atoms with Gasteiger partial charge in [-0.05, 0) is 25.0 Å². The van der Waals surface area contributed by atoms with Gasteiger partial charge in [-0.1, -0.05) is 31.3 Å². The highest BCUT2D eigenvalue weighted by atomic mass is 28.3. The Labute approximate surface area is 182 Å². The second kappa shape index (κ2) is 8.19. The van der Waals surface area contributed by atoms with Crippen LogP contribution >= 0.6 is 0 Å². The minimum Gasteiger partial charge on any atom is -0.360 e. The normalized spacial score (nSPS) is 23.4. The van der Waals surface area contributed by atoms with E-state index >= 15 is 0 Å². The van der Waals surface area contributed by atoms with Gasteiger partial charge in [-0.2, -0.15) is 5.26 Å². The van der Waals surface area contributed by atoms with Crippen LogP contribution in [-0.2, 0) is 9.59 Å². The summed E-state index contributed by atoms with van der Waals surface area (Å²) in [5.74, 6) is -0.807. The van der Waals surface area contributed by atoms with Gasteiger partial charge in [0, 0.05) is 35.7 Å². The number of benzene rings is 1. The summed E-state index contributed by atoms with van der Waals surface area (Å²) in [5.41, 5.74) is 1.43. The van der Waals surface area contributed by atoms with Gasteiger partial charge in [-0.3, -0.25) is 14.4 Å². The number of aromatic nitrogens is 1. The van der Waals surface area contributed by atoms with E-state index < -0.39 is 20.2 Å². The molecule has 0 bridgehead atoms. The summed E-state index contributed by atoms with van der Waals surface area (Å²) in [6.45, 7) is 4.94. The molecule has 1 aromatic carbocycles. The summed E-state index contributed by atoms with van der Waals surface area (Å²) in [5, 5.41) is 15.9. The molecule has 2 aliphatic heterocycles. The fourth-order valence-corrected chi connectivity index (χ4v) is 7.55. The molecule has 2 aliphatic rings. The third-order valence-corrected chi connectivity index (χ3v) is 8.95. The van der Waals surface area contributed by atoms with Crippen LogP contribution in [0.1, 0.15) is 23.2 Å². The topological polar surface area (TPSA) is 118 Å². The number of amides is 3. The standard InChI is InChI=1S/C22H27N5O3Si/c1-31(2)12-19(21(29)26-15(10-23)9-14-7-8-24-20(14)28)27(13-31)22(30)17-11-25-18-6-4-3-5-16(17)18/h3-6,11,14-15,19,25H,7-9,12-13H2,1-2H3,(H,24,28)(H,26,29)/t14-,15-,19-/m0/s1. The summed E-state index contributed by atoms with van der Waals surface area (Å²) < 4.78 is 0. The molecule has 9 heteroatoms. The van der Waals surface area contributed by atoms with Crippen LogP contribution in [0.25, 0.3) is 10.9 Å². The third-order valence-electron chi connectivity index (χ3n) is 6.26. The third kappa shape index (κ3) is 4.21. The summed E-state index contributed by atoms with van der Waals surface area (Å²) >= 11 is 0. The largest absolute Gasteiger partial charge is 0.360 e. The number of nitrogens with one attached hydrogen (secondary N) is 3. The van der Waals surface area contributed by atoms with Gasteiger partial charge in [0.25, 0.3) is 5.91 Å². The minimum atomic E-state index is -1.79. The van der Waals surface area contributed by atoms with Crippen molar-refractivity contribution in [3.8, 4) is 6.07 Å². The number of fused-ring (bicyclic) bond motifs is 1. The summed E-state index contributed by atoms with van der Waals surface area (Å²) in [7, 11) is -1.79. The van der Waals surface area contributed by atoms with Crippen LogP contribution in [0.3, 0.4) is 0 Å². The lowest BCUT2D eigenvalue weighted by molar-refractivity contribution is -0.126. The maximum absolute atomic E-state index is 13.4. The van der Waals surface area contributed by atoms with Crippen molar-refractivity contribution in [3.05, 3.63) is 36.0 Å². The molecule has 3 heterocycles. The van der Waals surface area contributed by atoms with Gasteiger partial charge < -0.3 is 20.5 Å². The molecule has 0 unspecified atom stereocenters. The Bertz CT molecular complexity index is 1070. The average Bonchev–Trinajstić information content (AvgIpc) is 3.43. The lowest BCUT2D eigenvalue weighted by Crippen LogP contribution is -2.49. The smallest absolute Gasteiger partial charge is 0.256 e. The van der Waals surface area contributed by atoms with Crippen molar-refractivity contribution in [3.63, 3.8) is 0 Å². The number of aromatic amines is 1. The zero-order valence-corrected chi connectivity index (χ0v) is 18.8. The first-order valence-corrected chi connectivity index (χ1v) is 14.1. The number of rotatable bonds is 5. The molecule has 0 aliphatic carbocycles. The molecule has 2 fully saturated rings. The monoisotopic (exact) mass is 437 g/mol. The highest BCUT2D eigenvalue weighted by Gasteiger charge is 2.45. The molecule has 162 valence electrons. The van der Waals surface area contributed by atoms with Gasteiger partial charge >= 0.3 is 0 Å². The van der Waals surface area contributed by atoms with E-state index in [0.29, 0.717) is 30.7 Å². The van der Waals surface area contributed by atoms with Gasteiger partial charge in [0.2, 0.25) is 11.8 Å².